The molecule has 1 amide bonds. The first-order valence-corrected chi connectivity index (χ1v) is 7.82. The van der Waals surface area contributed by atoms with E-state index in [4.69, 9.17) is 34.8 Å². The molecule has 0 bridgehead atoms. The smallest absolute Gasteiger partial charge is 0.416 e. The number of phenols is 1. The summed E-state index contributed by atoms with van der Waals surface area (Å²) in [5.41, 5.74) is -4.64. The molecule has 0 atom stereocenters. The molecule has 0 radical (unpaired) electrons. The first-order chi connectivity index (χ1) is 12.2. The van der Waals surface area contributed by atoms with Crippen LogP contribution in [0.4, 0.5) is 32.0 Å². The van der Waals surface area contributed by atoms with E-state index in [0.29, 0.717) is 12.1 Å². The number of phenolic OH excluding ortho intramolecular Hbond substituents is 1. The predicted octanol–water partition coefficient (Wildman–Crippen LogP) is 6.64. The fourth-order valence-corrected chi connectivity index (χ4v) is 2.58. The number of hydrogen-bond donors (Lipinski definition) is 2. The van der Waals surface area contributed by atoms with Gasteiger partial charge in [-0.1, -0.05) is 34.8 Å². The van der Waals surface area contributed by atoms with Crippen molar-refractivity contribution in [1.29, 1.82) is 0 Å². The van der Waals surface area contributed by atoms with E-state index < -0.39 is 51.4 Å². The summed E-state index contributed by atoms with van der Waals surface area (Å²) in [6.07, 6.45) is -10.2. The third kappa shape index (κ3) is 4.72. The maximum absolute atomic E-state index is 12.8. The Balaban J connectivity index is 2.50. The number of aromatic hydroxyl groups is 1. The molecule has 146 valence electrons. The molecule has 0 aliphatic heterocycles. The lowest BCUT2D eigenvalue weighted by molar-refractivity contribution is -0.143. The van der Waals surface area contributed by atoms with Gasteiger partial charge in [-0.25, -0.2) is 0 Å². The molecule has 0 unspecified atom stereocenters. The summed E-state index contributed by atoms with van der Waals surface area (Å²) in [4.78, 5) is 12.2. The second-order valence-corrected chi connectivity index (χ2v) is 6.29. The Bertz CT molecular complexity index is 880. The van der Waals surface area contributed by atoms with Crippen molar-refractivity contribution >= 4 is 46.4 Å². The minimum atomic E-state index is -5.09. The molecule has 2 N–H and O–H groups in total. The average molecular weight is 453 g/mol. The van der Waals surface area contributed by atoms with Gasteiger partial charge in [0.25, 0.3) is 5.91 Å². The summed E-state index contributed by atoms with van der Waals surface area (Å²) in [6, 6.07) is 1.38. The molecule has 2 aromatic carbocycles. The molecule has 2 aromatic rings. The van der Waals surface area contributed by atoms with Crippen LogP contribution in [0.1, 0.15) is 21.5 Å². The molecule has 0 aliphatic carbocycles. The topological polar surface area (TPSA) is 49.3 Å². The van der Waals surface area contributed by atoms with Gasteiger partial charge in [0.2, 0.25) is 0 Å². The van der Waals surface area contributed by atoms with Crippen LogP contribution in [0, 0.1) is 0 Å². The Morgan fingerprint density at radius 1 is 0.852 bits per heavy atom. The quantitative estimate of drug-likeness (QED) is 0.396. The highest BCUT2D eigenvalue weighted by molar-refractivity contribution is 6.49. The Labute approximate surface area is 162 Å². The number of nitrogens with one attached hydrogen (secondary N) is 1. The maximum atomic E-state index is 12.8. The van der Waals surface area contributed by atoms with Crippen LogP contribution >= 0.6 is 34.8 Å². The largest absolute Gasteiger partial charge is 0.505 e. The Hall–Kier alpha value is -1.84. The van der Waals surface area contributed by atoms with E-state index in [1.807, 2.05) is 5.32 Å². The number of anilines is 1. The first-order valence-electron chi connectivity index (χ1n) is 6.69. The number of benzene rings is 2. The van der Waals surface area contributed by atoms with Crippen molar-refractivity contribution in [3.05, 3.63) is 56.0 Å². The lowest BCUT2D eigenvalue weighted by Gasteiger charge is -2.15. The number of hydrogen-bond acceptors (Lipinski definition) is 2. The van der Waals surface area contributed by atoms with Crippen molar-refractivity contribution in [2.45, 2.75) is 12.4 Å². The van der Waals surface area contributed by atoms with E-state index in [0.717, 1.165) is 6.07 Å². The second-order valence-electron chi connectivity index (χ2n) is 5.13. The average Bonchev–Trinajstić information content (AvgIpc) is 2.54. The molecule has 12 heteroatoms. The number of amides is 1. The molecule has 2 rings (SSSR count). The van der Waals surface area contributed by atoms with E-state index in [1.54, 1.807) is 0 Å². The van der Waals surface area contributed by atoms with Crippen molar-refractivity contribution in [3.63, 3.8) is 0 Å². The highest BCUT2D eigenvalue weighted by Crippen LogP contribution is 2.40. The molecule has 3 nitrogen and oxygen atoms in total. The van der Waals surface area contributed by atoms with Crippen molar-refractivity contribution in [1.82, 2.24) is 0 Å². The van der Waals surface area contributed by atoms with E-state index in [-0.39, 0.29) is 16.1 Å². The van der Waals surface area contributed by atoms with Gasteiger partial charge in [0, 0.05) is 5.69 Å². The van der Waals surface area contributed by atoms with Crippen molar-refractivity contribution in [2.75, 3.05) is 5.32 Å². The predicted molar refractivity (Wildman–Crippen MR) is 87.5 cm³/mol. The van der Waals surface area contributed by atoms with Crippen molar-refractivity contribution < 1.29 is 36.2 Å². The molecule has 0 aliphatic rings. The lowest BCUT2D eigenvalue weighted by Crippen LogP contribution is -2.16. The summed E-state index contributed by atoms with van der Waals surface area (Å²) < 4.78 is 77.0. The van der Waals surface area contributed by atoms with Gasteiger partial charge in [-0.15, -0.1) is 0 Å². The van der Waals surface area contributed by atoms with E-state index >= 15 is 0 Å². The van der Waals surface area contributed by atoms with Gasteiger partial charge in [0.05, 0.1) is 26.7 Å². The molecule has 0 saturated carbocycles. The SMILES string of the molecule is O=C(Nc1cc(C(F)(F)F)cc(C(F)(F)F)c1)c1cc(Cl)c(Cl)c(Cl)c1O. The Kier molecular flexibility index (Phi) is 5.79. The standard InChI is InChI=1S/C15H6Cl3F6NO2/c16-9-4-8(12(26)11(18)10(9)17)13(27)25-7-2-5(14(19,20)21)1-6(3-7)15(22,23)24/h1-4,26H,(H,25,27). The first kappa shape index (κ1) is 21.5. The van der Waals surface area contributed by atoms with Crippen LogP contribution in [-0.4, -0.2) is 11.0 Å². The van der Waals surface area contributed by atoms with Gasteiger partial charge in [-0.3, -0.25) is 4.79 Å². The van der Waals surface area contributed by atoms with Gasteiger partial charge in [-0.2, -0.15) is 26.3 Å². The van der Waals surface area contributed by atoms with Crippen LogP contribution < -0.4 is 5.32 Å². The Morgan fingerprint density at radius 3 is 1.78 bits per heavy atom. The van der Waals surface area contributed by atoms with Crippen LogP contribution in [0.25, 0.3) is 0 Å². The Morgan fingerprint density at radius 2 is 1.33 bits per heavy atom. The van der Waals surface area contributed by atoms with Crippen LogP contribution in [0.2, 0.25) is 15.1 Å². The number of carbonyl (C=O) groups excluding carboxylic acids is 1. The maximum Gasteiger partial charge on any atom is 0.416 e. The summed E-state index contributed by atoms with van der Waals surface area (Å²) >= 11 is 17.0. The second kappa shape index (κ2) is 7.29. The lowest BCUT2D eigenvalue weighted by atomic mass is 10.1. The summed E-state index contributed by atoms with van der Waals surface area (Å²) in [7, 11) is 0. The van der Waals surface area contributed by atoms with Gasteiger partial charge in [0.15, 0.2) is 0 Å². The zero-order valence-electron chi connectivity index (χ0n) is 12.6. The molecule has 0 saturated heterocycles. The fourth-order valence-electron chi connectivity index (χ4n) is 1.98. The minimum Gasteiger partial charge on any atom is -0.505 e. The van der Waals surface area contributed by atoms with Crippen LogP contribution in [0.5, 0.6) is 5.75 Å². The molecular formula is C15H6Cl3F6NO2. The fraction of sp³-hybridized carbons (Fsp3) is 0.133. The van der Waals surface area contributed by atoms with E-state index in [1.165, 1.54) is 0 Å². The molecule has 27 heavy (non-hydrogen) atoms. The highest BCUT2D eigenvalue weighted by Gasteiger charge is 2.37. The minimum absolute atomic E-state index is 0.0941. The van der Waals surface area contributed by atoms with Gasteiger partial charge in [-0.05, 0) is 24.3 Å². The highest BCUT2D eigenvalue weighted by atomic mass is 35.5. The number of carbonyl (C=O) groups is 1. The monoisotopic (exact) mass is 451 g/mol. The number of halogens is 9. The third-order valence-electron chi connectivity index (χ3n) is 3.23. The van der Waals surface area contributed by atoms with Crippen molar-refractivity contribution in [2.24, 2.45) is 0 Å². The van der Waals surface area contributed by atoms with E-state index in [2.05, 4.69) is 0 Å². The van der Waals surface area contributed by atoms with Gasteiger partial charge in [0.1, 0.15) is 10.8 Å². The molecular weight excluding hydrogens is 447 g/mol. The zero-order chi connectivity index (χ0) is 20.7. The summed E-state index contributed by atoms with van der Waals surface area (Å²) in [5.74, 6) is -2.09. The van der Waals surface area contributed by atoms with Crippen LogP contribution in [0.3, 0.4) is 0 Å². The van der Waals surface area contributed by atoms with Crippen molar-refractivity contribution in [3.8, 4) is 5.75 Å². The summed E-state index contributed by atoms with van der Waals surface area (Å²) in [5, 5.41) is 10.6. The van der Waals surface area contributed by atoms with Gasteiger partial charge >= 0.3 is 12.4 Å². The molecule has 0 heterocycles. The molecule has 0 aromatic heterocycles. The van der Waals surface area contributed by atoms with Gasteiger partial charge < -0.3 is 10.4 Å². The van der Waals surface area contributed by atoms with Crippen LogP contribution in [-0.2, 0) is 12.4 Å². The number of rotatable bonds is 2. The van der Waals surface area contributed by atoms with E-state index in [9.17, 15) is 36.2 Å². The summed E-state index contributed by atoms with van der Waals surface area (Å²) in [6.45, 7) is 0. The number of alkyl halides is 6. The zero-order valence-corrected chi connectivity index (χ0v) is 14.8. The molecule has 0 fully saturated rings. The molecule has 0 spiro atoms. The third-order valence-corrected chi connectivity index (χ3v) is 4.48. The van der Waals surface area contributed by atoms with Crippen LogP contribution in [0.15, 0.2) is 24.3 Å². The normalized spacial score (nSPS) is 12.2.